The number of rotatable bonds is 3. The maximum absolute atomic E-state index is 11.3. The van der Waals surface area contributed by atoms with Gasteiger partial charge >= 0.3 is 5.97 Å². The molecule has 0 amide bonds. The van der Waals surface area contributed by atoms with Gasteiger partial charge in [-0.05, 0) is 18.6 Å². The summed E-state index contributed by atoms with van der Waals surface area (Å²) in [7, 11) is 0. The van der Waals surface area contributed by atoms with Crippen LogP contribution in [0.4, 0.5) is 11.5 Å². The Balaban J connectivity index is 1.94. The summed E-state index contributed by atoms with van der Waals surface area (Å²) in [5.41, 5.74) is 7.49. The average Bonchev–Trinajstić information content (AvgIpc) is 2.40. The predicted molar refractivity (Wildman–Crippen MR) is 75.0 cm³/mol. The van der Waals surface area contributed by atoms with E-state index < -0.39 is 0 Å². The molecule has 2 heterocycles. The van der Waals surface area contributed by atoms with E-state index in [4.69, 9.17) is 10.5 Å². The number of piperidine rings is 1. The number of nitrogens with zero attached hydrogens (tertiary/aromatic N) is 2. The number of anilines is 2. The lowest BCUT2D eigenvalue weighted by Crippen LogP contribution is -2.38. The highest BCUT2D eigenvalue weighted by Crippen LogP contribution is 2.23. The van der Waals surface area contributed by atoms with Crippen molar-refractivity contribution >= 4 is 17.5 Å². The molecule has 2 rings (SSSR count). The Kier molecular flexibility index (Phi) is 4.24. The second-order valence-corrected chi connectivity index (χ2v) is 4.94. The molecule has 5 nitrogen and oxygen atoms in total. The van der Waals surface area contributed by atoms with Gasteiger partial charge in [0, 0.05) is 32.4 Å². The van der Waals surface area contributed by atoms with Gasteiger partial charge in [-0.3, -0.25) is 4.79 Å². The van der Waals surface area contributed by atoms with E-state index in [9.17, 15) is 4.79 Å². The maximum atomic E-state index is 11.3. The number of carbonyl (C=O) groups is 1. The highest BCUT2D eigenvalue weighted by atomic mass is 16.5. The Morgan fingerprint density at radius 3 is 2.79 bits per heavy atom. The molecule has 0 bridgehead atoms. The molecule has 0 spiro atoms. The molecule has 1 aliphatic rings. The van der Waals surface area contributed by atoms with Gasteiger partial charge in [0.1, 0.15) is 11.9 Å². The van der Waals surface area contributed by atoms with Crippen LogP contribution >= 0.6 is 0 Å². The van der Waals surface area contributed by atoms with Crippen molar-refractivity contribution in [2.24, 2.45) is 0 Å². The van der Waals surface area contributed by atoms with Crippen LogP contribution in [0.2, 0.25) is 0 Å². The molecule has 0 unspecified atom stereocenters. The first-order valence-corrected chi connectivity index (χ1v) is 6.76. The Labute approximate surface area is 113 Å². The van der Waals surface area contributed by atoms with E-state index in [-0.39, 0.29) is 12.1 Å². The molecule has 1 aromatic heterocycles. The summed E-state index contributed by atoms with van der Waals surface area (Å²) in [5.74, 6) is 0.870. The molecule has 0 radical (unpaired) electrons. The lowest BCUT2D eigenvalue weighted by molar-refractivity contribution is -0.149. The third-order valence-corrected chi connectivity index (χ3v) is 3.40. The summed E-state index contributed by atoms with van der Waals surface area (Å²) in [6, 6.07) is 1.94. The van der Waals surface area contributed by atoms with E-state index in [1.165, 1.54) is 0 Å². The molecule has 2 N–H and O–H groups in total. The first-order valence-electron chi connectivity index (χ1n) is 6.76. The number of nitrogens with two attached hydrogens (primary N) is 1. The first kappa shape index (κ1) is 13.6. The normalized spacial score (nSPS) is 16.4. The van der Waals surface area contributed by atoms with Gasteiger partial charge in [0.15, 0.2) is 0 Å². The molecular weight excluding hydrogens is 242 g/mol. The highest BCUT2D eigenvalue weighted by Gasteiger charge is 2.23. The molecule has 1 aliphatic heterocycles. The average molecular weight is 263 g/mol. The standard InChI is InChI=1S/C14H21N3O2/c1-3-13(18)19-12-4-6-17(7-5-12)14-10(2)8-11(15)9-16-14/h8-9,12H,3-7,15H2,1-2H3. The Hall–Kier alpha value is -1.78. The quantitative estimate of drug-likeness (QED) is 0.843. The van der Waals surface area contributed by atoms with Gasteiger partial charge in [0.25, 0.3) is 0 Å². The van der Waals surface area contributed by atoms with E-state index in [2.05, 4.69) is 9.88 Å². The maximum Gasteiger partial charge on any atom is 0.305 e. The Bertz CT molecular complexity index is 454. The van der Waals surface area contributed by atoms with Crippen LogP contribution in [-0.2, 0) is 9.53 Å². The summed E-state index contributed by atoms with van der Waals surface area (Å²) in [5, 5.41) is 0. The number of hydrogen-bond donors (Lipinski definition) is 1. The number of pyridine rings is 1. The summed E-state index contributed by atoms with van der Waals surface area (Å²) in [4.78, 5) is 17.9. The van der Waals surface area contributed by atoms with Crippen molar-refractivity contribution in [3.05, 3.63) is 17.8 Å². The summed E-state index contributed by atoms with van der Waals surface area (Å²) in [6.45, 7) is 5.56. The van der Waals surface area contributed by atoms with Crippen LogP contribution in [0.25, 0.3) is 0 Å². The fourth-order valence-corrected chi connectivity index (χ4v) is 2.38. The molecule has 0 atom stereocenters. The van der Waals surface area contributed by atoms with Gasteiger partial charge in [0.05, 0.1) is 11.9 Å². The highest BCUT2D eigenvalue weighted by molar-refractivity contribution is 5.69. The van der Waals surface area contributed by atoms with Crippen molar-refractivity contribution in [3.8, 4) is 0 Å². The van der Waals surface area contributed by atoms with E-state index in [0.29, 0.717) is 12.1 Å². The van der Waals surface area contributed by atoms with Crippen LogP contribution in [0, 0.1) is 6.92 Å². The zero-order chi connectivity index (χ0) is 13.8. The number of hydrogen-bond acceptors (Lipinski definition) is 5. The topological polar surface area (TPSA) is 68.5 Å². The van der Waals surface area contributed by atoms with Crippen LogP contribution in [-0.4, -0.2) is 30.1 Å². The van der Waals surface area contributed by atoms with Gasteiger partial charge < -0.3 is 15.4 Å². The number of aryl methyl sites for hydroxylation is 1. The van der Waals surface area contributed by atoms with Crippen molar-refractivity contribution in [3.63, 3.8) is 0 Å². The third kappa shape index (κ3) is 3.36. The number of aromatic nitrogens is 1. The Morgan fingerprint density at radius 2 is 2.21 bits per heavy atom. The number of nitrogen functional groups attached to an aromatic ring is 1. The third-order valence-electron chi connectivity index (χ3n) is 3.40. The van der Waals surface area contributed by atoms with Crippen LogP contribution in [0.1, 0.15) is 31.7 Å². The van der Waals surface area contributed by atoms with Crippen molar-refractivity contribution < 1.29 is 9.53 Å². The van der Waals surface area contributed by atoms with Gasteiger partial charge in [0.2, 0.25) is 0 Å². The zero-order valence-electron chi connectivity index (χ0n) is 11.6. The van der Waals surface area contributed by atoms with Crippen LogP contribution in [0.15, 0.2) is 12.3 Å². The fraction of sp³-hybridized carbons (Fsp3) is 0.571. The SMILES string of the molecule is CCC(=O)OC1CCN(c2ncc(N)cc2C)CC1. The van der Waals surface area contributed by atoms with Crippen molar-refractivity contribution in [1.82, 2.24) is 4.98 Å². The van der Waals surface area contributed by atoms with E-state index >= 15 is 0 Å². The first-order chi connectivity index (χ1) is 9.10. The van der Waals surface area contributed by atoms with Gasteiger partial charge in [-0.15, -0.1) is 0 Å². The minimum absolute atomic E-state index is 0.0535. The number of ether oxygens (including phenoxy) is 1. The van der Waals surface area contributed by atoms with Crippen molar-refractivity contribution in [1.29, 1.82) is 0 Å². The molecule has 1 saturated heterocycles. The second-order valence-electron chi connectivity index (χ2n) is 4.94. The second kappa shape index (κ2) is 5.91. The van der Waals surface area contributed by atoms with Crippen molar-refractivity contribution in [2.75, 3.05) is 23.7 Å². The smallest absolute Gasteiger partial charge is 0.305 e. The Morgan fingerprint density at radius 1 is 1.53 bits per heavy atom. The van der Waals surface area contributed by atoms with Gasteiger partial charge in [-0.1, -0.05) is 6.92 Å². The molecule has 0 saturated carbocycles. The molecule has 1 fully saturated rings. The van der Waals surface area contributed by atoms with E-state index in [1.807, 2.05) is 19.9 Å². The number of esters is 1. The summed E-state index contributed by atoms with van der Waals surface area (Å²) in [6.07, 6.45) is 3.90. The minimum atomic E-state index is -0.111. The molecular formula is C14H21N3O2. The molecule has 0 aliphatic carbocycles. The molecule has 0 aromatic carbocycles. The molecule has 5 heteroatoms. The largest absolute Gasteiger partial charge is 0.462 e. The summed E-state index contributed by atoms with van der Waals surface area (Å²) >= 11 is 0. The molecule has 104 valence electrons. The lowest BCUT2D eigenvalue weighted by Gasteiger charge is -2.33. The minimum Gasteiger partial charge on any atom is -0.462 e. The lowest BCUT2D eigenvalue weighted by atomic mass is 10.1. The monoisotopic (exact) mass is 263 g/mol. The molecule has 19 heavy (non-hydrogen) atoms. The predicted octanol–water partition coefficient (Wildman–Crippen LogP) is 1.89. The van der Waals surface area contributed by atoms with E-state index in [0.717, 1.165) is 37.3 Å². The van der Waals surface area contributed by atoms with Crippen LogP contribution in [0.3, 0.4) is 0 Å². The van der Waals surface area contributed by atoms with Crippen LogP contribution < -0.4 is 10.6 Å². The zero-order valence-corrected chi connectivity index (χ0v) is 11.6. The molecule has 1 aromatic rings. The van der Waals surface area contributed by atoms with Crippen molar-refractivity contribution in [2.45, 2.75) is 39.2 Å². The fourth-order valence-electron chi connectivity index (χ4n) is 2.38. The van der Waals surface area contributed by atoms with Gasteiger partial charge in [-0.25, -0.2) is 4.98 Å². The van der Waals surface area contributed by atoms with Crippen LogP contribution in [0.5, 0.6) is 0 Å². The van der Waals surface area contributed by atoms with Gasteiger partial charge in [-0.2, -0.15) is 0 Å². The van der Waals surface area contributed by atoms with E-state index in [1.54, 1.807) is 6.20 Å². The summed E-state index contributed by atoms with van der Waals surface area (Å²) < 4.78 is 5.37. The number of carbonyl (C=O) groups excluding carboxylic acids is 1.